The predicted molar refractivity (Wildman–Crippen MR) is 80.3 cm³/mol. The quantitative estimate of drug-likeness (QED) is 0.784. The van der Waals surface area contributed by atoms with Gasteiger partial charge in [0.25, 0.3) is 0 Å². The second-order valence-corrected chi connectivity index (χ2v) is 4.68. The molecule has 19 heavy (non-hydrogen) atoms. The van der Waals surface area contributed by atoms with Crippen molar-refractivity contribution < 1.29 is 4.79 Å². The molecule has 0 aliphatic carbocycles. The third-order valence-electron chi connectivity index (χ3n) is 3.03. The summed E-state index contributed by atoms with van der Waals surface area (Å²) < 4.78 is 0. The molecule has 2 aromatic carbocycles. The van der Waals surface area contributed by atoms with Gasteiger partial charge in [-0.15, -0.1) is 0 Å². The number of anilines is 1. The second kappa shape index (κ2) is 6.74. The van der Waals surface area contributed by atoms with Gasteiger partial charge in [0.1, 0.15) is 5.78 Å². The minimum absolute atomic E-state index is 0.251. The van der Waals surface area contributed by atoms with Gasteiger partial charge in [0, 0.05) is 18.7 Å². The average molecular weight is 253 g/mol. The van der Waals surface area contributed by atoms with E-state index in [2.05, 4.69) is 41.7 Å². The van der Waals surface area contributed by atoms with Crippen LogP contribution in [0.1, 0.15) is 19.8 Å². The highest BCUT2D eigenvalue weighted by Crippen LogP contribution is 2.20. The van der Waals surface area contributed by atoms with Gasteiger partial charge in [0.2, 0.25) is 0 Å². The van der Waals surface area contributed by atoms with E-state index in [4.69, 9.17) is 0 Å². The Morgan fingerprint density at radius 1 is 0.947 bits per heavy atom. The third kappa shape index (κ3) is 4.25. The molecule has 2 aromatic rings. The largest absolute Gasteiger partial charge is 0.385 e. The average Bonchev–Trinajstić information content (AvgIpc) is 2.45. The van der Waals surface area contributed by atoms with E-state index in [1.54, 1.807) is 6.92 Å². The fourth-order valence-electron chi connectivity index (χ4n) is 1.98. The van der Waals surface area contributed by atoms with Gasteiger partial charge in [-0.3, -0.25) is 0 Å². The van der Waals surface area contributed by atoms with E-state index in [-0.39, 0.29) is 5.78 Å². The van der Waals surface area contributed by atoms with Gasteiger partial charge in [0.05, 0.1) is 0 Å². The monoisotopic (exact) mass is 253 g/mol. The number of Topliss-reactive ketones (excluding diaryl/α,β-unsaturated/α-hetero) is 1. The Balaban J connectivity index is 1.90. The van der Waals surface area contributed by atoms with Crippen molar-refractivity contribution in [2.45, 2.75) is 19.8 Å². The zero-order valence-electron chi connectivity index (χ0n) is 11.2. The molecule has 0 aromatic heterocycles. The lowest BCUT2D eigenvalue weighted by Crippen LogP contribution is -2.03. The Morgan fingerprint density at radius 3 is 2.21 bits per heavy atom. The van der Waals surface area contributed by atoms with E-state index in [1.807, 2.05) is 18.2 Å². The maximum Gasteiger partial charge on any atom is 0.129 e. The minimum Gasteiger partial charge on any atom is -0.385 e. The summed E-state index contributed by atoms with van der Waals surface area (Å²) in [6.07, 6.45) is 1.53. The van der Waals surface area contributed by atoms with Crippen LogP contribution in [0.5, 0.6) is 0 Å². The van der Waals surface area contributed by atoms with E-state index in [9.17, 15) is 4.79 Å². The van der Waals surface area contributed by atoms with Crippen molar-refractivity contribution in [3.8, 4) is 11.1 Å². The highest BCUT2D eigenvalue weighted by atomic mass is 16.1. The SMILES string of the molecule is CC(=O)CCCNc1ccc(-c2ccccc2)cc1. The number of hydrogen-bond acceptors (Lipinski definition) is 2. The lowest BCUT2D eigenvalue weighted by atomic mass is 10.1. The highest BCUT2D eigenvalue weighted by Gasteiger charge is 1.97. The van der Waals surface area contributed by atoms with Crippen molar-refractivity contribution in [1.29, 1.82) is 0 Å². The number of hydrogen-bond donors (Lipinski definition) is 1. The minimum atomic E-state index is 0.251. The van der Waals surface area contributed by atoms with Crippen LogP contribution in [0.25, 0.3) is 11.1 Å². The Hall–Kier alpha value is -2.09. The van der Waals surface area contributed by atoms with E-state index in [0.717, 1.165) is 18.7 Å². The van der Waals surface area contributed by atoms with Crippen LogP contribution in [0.4, 0.5) is 5.69 Å². The second-order valence-electron chi connectivity index (χ2n) is 4.68. The molecule has 98 valence electrons. The Bertz CT molecular complexity index is 517. The van der Waals surface area contributed by atoms with Crippen LogP contribution in [0, 0.1) is 0 Å². The zero-order valence-corrected chi connectivity index (χ0v) is 11.2. The molecule has 0 spiro atoms. The van der Waals surface area contributed by atoms with E-state index in [0.29, 0.717) is 6.42 Å². The van der Waals surface area contributed by atoms with Gasteiger partial charge in [-0.25, -0.2) is 0 Å². The fraction of sp³-hybridized carbons (Fsp3) is 0.235. The molecule has 2 nitrogen and oxygen atoms in total. The first-order chi connectivity index (χ1) is 9.25. The summed E-state index contributed by atoms with van der Waals surface area (Å²) in [6.45, 7) is 2.47. The molecule has 2 heteroatoms. The van der Waals surface area contributed by atoms with Crippen LogP contribution >= 0.6 is 0 Å². The number of benzene rings is 2. The van der Waals surface area contributed by atoms with Crippen molar-refractivity contribution in [2.75, 3.05) is 11.9 Å². The molecule has 0 saturated heterocycles. The van der Waals surface area contributed by atoms with Gasteiger partial charge < -0.3 is 10.1 Å². The van der Waals surface area contributed by atoms with Crippen LogP contribution in [0.2, 0.25) is 0 Å². The Labute approximate surface area is 114 Å². The zero-order chi connectivity index (χ0) is 13.5. The Kier molecular flexibility index (Phi) is 4.73. The van der Waals surface area contributed by atoms with Crippen molar-refractivity contribution in [1.82, 2.24) is 0 Å². The maximum absolute atomic E-state index is 10.8. The molecule has 1 N–H and O–H groups in total. The van der Waals surface area contributed by atoms with Crippen molar-refractivity contribution in [3.05, 3.63) is 54.6 Å². The van der Waals surface area contributed by atoms with Crippen molar-refractivity contribution >= 4 is 11.5 Å². The van der Waals surface area contributed by atoms with Crippen LogP contribution < -0.4 is 5.32 Å². The molecule has 2 rings (SSSR count). The van der Waals surface area contributed by atoms with Crippen LogP contribution in [-0.2, 0) is 4.79 Å². The molecule has 0 saturated carbocycles. The molecule has 0 bridgehead atoms. The van der Waals surface area contributed by atoms with Gasteiger partial charge in [-0.05, 0) is 36.6 Å². The summed E-state index contributed by atoms with van der Waals surface area (Å²) in [7, 11) is 0. The summed E-state index contributed by atoms with van der Waals surface area (Å²) in [6, 6.07) is 18.7. The van der Waals surface area contributed by atoms with E-state index >= 15 is 0 Å². The maximum atomic E-state index is 10.8. The molecule has 0 unspecified atom stereocenters. The lowest BCUT2D eigenvalue weighted by Gasteiger charge is -2.07. The number of carbonyl (C=O) groups excluding carboxylic acids is 1. The topological polar surface area (TPSA) is 29.1 Å². The predicted octanol–water partition coefficient (Wildman–Crippen LogP) is 4.13. The summed E-state index contributed by atoms with van der Waals surface area (Å²) in [5.74, 6) is 0.251. The third-order valence-corrected chi connectivity index (χ3v) is 3.03. The fourth-order valence-corrected chi connectivity index (χ4v) is 1.98. The van der Waals surface area contributed by atoms with Gasteiger partial charge >= 0.3 is 0 Å². The first kappa shape index (κ1) is 13.3. The van der Waals surface area contributed by atoms with Crippen LogP contribution in [-0.4, -0.2) is 12.3 Å². The smallest absolute Gasteiger partial charge is 0.129 e. The molecule has 0 amide bonds. The molecule has 0 atom stereocenters. The standard InChI is InChI=1S/C17H19NO/c1-14(19)6-5-13-18-17-11-9-16(10-12-17)15-7-3-2-4-8-15/h2-4,7-12,18H,5-6,13H2,1H3. The molecule has 0 radical (unpaired) electrons. The number of nitrogens with one attached hydrogen (secondary N) is 1. The van der Waals surface area contributed by atoms with E-state index < -0.39 is 0 Å². The van der Waals surface area contributed by atoms with Crippen molar-refractivity contribution in [2.24, 2.45) is 0 Å². The normalized spacial score (nSPS) is 10.2. The van der Waals surface area contributed by atoms with Gasteiger partial charge in [0.15, 0.2) is 0 Å². The molecule has 0 fully saturated rings. The first-order valence-corrected chi connectivity index (χ1v) is 6.64. The number of rotatable bonds is 6. The molecule has 0 heterocycles. The highest BCUT2D eigenvalue weighted by molar-refractivity contribution is 5.75. The van der Waals surface area contributed by atoms with Gasteiger partial charge in [-0.1, -0.05) is 42.5 Å². The number of carbonyl (C=O) groups is 1. The molecule has 0 aliphatic heterocycles. The first-order valence-electron chi connectivity index (χ1n) is 6.64. The Morgan fingerprint density at radius 2 is 1.58 bits per heavy atom. The molecule has 0 aliphatic rings. The van der Waals surface area contributed by atoms with Crippen molar-refractivity contribution in [3.63, 3.8) is 0 Å². The summed E-state index contributed by atoms with van der Waals surface area (Å²) >= 11 is 0. The van der Waals surface area contributed by atoms with Crippen LogP contribution in [0.3, 0.4) is 0 Å². The van der Waals surface area contributed by atoms with E-state index in [1.165, 1.54) is 11.1 Å². The molecular formula is C17H19NO. The number of ketones is 1. The van der Waals surface area contributed by atoms with Gasteiger partial charge in [-0.2, -0.15) is 0 Å². The summed E-state index contributed by atoms with van der Waals surface area (Å²) in [5.41, 5.74) is 3.55. The summed E-state index contributed by atoms with van der Waals surface area (Å²) in [4.78, 5) is 10.8. The van der Waals surface area contributed by atoms with Crippen LogP contribution in [0.15, 0.2) is 54.6 Å². The molecular weight excluding hydrogens is 234 g/mol. The summed E-state index contributed by atoms with van der Waals surface area (Å²) in [5, 5.41) is 3.33. The lowest BCUT2D eigenvalue weighted by molar-refractivity contribution is -0.117.